The second-order valence-corrected chi connectivity index (χ2v) is 9.59. The number of anilines is 2. The first-order chi connectivity index (χ1) is 14.9. The highest BCUT2D eigenvalue weighted by Crippen LogP contribution is 2.43. The Labute approximate surface area is 184 Å². The molecular weight excluding hydrogens is 397 g/mol. The fourth-order valence-corrected chi connectivity index (χ4v) is 5.51. The summed E-state index contributed by atoms with van der Waals surface area (Å²) in [6, 6.07) is 5.09. The minimum atomic E-state index is -0.599. The van der Waals surface area contributed by atoms with Gasteiger partial charge in [-0.05, 0) is 64.2 Å². The van der Waals surface area contributed by atoms with Crippen LogP contribution in [0.5, 0.6) is 0 Å². The van der Waals surface area contributed by atoms with E-state index in [0.717, 1.165) is 45.2 Å². The first-order valence-electron chi connectivity index (χ1n) is 11.7. The lowest BCUT2D eigenvalue weighted by Crippen LogP contribution is -2.50. The van der Waals surface area contributed by atoms with Crippen LogP contribution in [0.25, 0.3) is 0 Å². The highest BCUT2D eigenvalue weighted by molar-refractivity contribution is 5.87. The van der Waals surface area contributed by atoms with Crippen molar-refractivity contribution in [3.05, 3.63) is 24.0 Å². The quantitative estimate of drug-likeness (QED) is 0.734. The van der Waals surface area contributed by atoms with Crippen LogP contribution in [0.4, 0.5) is 20.6 Å². The SMILES string of the molecule is CC(C)OC(=O)Nc1ccc(N2CCCC3(CCN(C4CCCCC4)C3=O)C2)c(F)c1. The molecule has 2 amide bonds. The molecule has 3 aliphatic rings. The maximum Gasteiger partial charge on any atom is 0.411 e. The first kappa shape index (κ1) is 21.9. The van der Waals surface area contributed by atoms with Crippen molar-refractivity contribution in [2.45, 2.75) is 77.4 Å². The summed E-state index contributed by atoms with van der Waals surface area (Å²) in [6.45, 7) is 5.65. The average Bonchev–Trinajstić information content (AvgIpc) is 3.03. The molecule has 3 fully saturated rings. The summed E-state index contributed by atoms with van der Waals surface area (Å²) in [7, 11) is 0. The summed E-state index contributed by atoms with van der Waals surface area (Å²) in [5, 5.41) is 2.56. The van der Waals surface area contributed by atoms with E-state index in [1.54, 1.807) is 26.0 Å². The predicted octanol–water partition coefficient (Wildman–Crippen LogP) is 4.93. The summed E-state index contributed by atoms with van der Waals surface area (Å²) < 4.78 is 20.0. The maximum atomic E-state index is 15.0. The Bertz CT molecular complexity index is 824. The summed E-state index contributed by atoms with van der Waals surface area (Å²) >= 11 is 0. The van der Waals surface area contributed by atoms with Crippen molar-refractivity contribution in [3.8, 4) is 0 Å². The van der Waals surface area contributed by atoms with Crippen LogP contribution in [0.3, 0.4) is 0 Å². The average molecular weight is 432 g/mol. The van der Waals surface area contributed by atoms with Gasteiger partial charge in [0.15, 0.2) is 0 Å². The van der Waals surface area contributed by atoms with Crippen molar-refractivity contribution >= 4 is 23.4 Å². The molecule has 7 heteroatoms. The van der Waals surface area contributed by atoms with E-state index in [9.17, 15) is 14.0 Å². The van der Waals surface area contributed by atoms with E-state index < -0.39 is 11.9 Å². The number of rotatable bonds is 4. The second kappa shape index (κ2) is 9.05. The molecule has 1 aromatic carbocycles. The normalized spacial score (nSPS) is 24.8. The zero-order chi connectivity index (χ0) is 22.0. The van der Waals surface area contributed by atoms with Crippen LogP contribution in [-0.2, 0) is 9.53 Å². The van der Waals surface area contributed by atoms with Gasteiger partial charge in [0.05, 0.1) is 17.2 Å². The van der Waals surface area contributed by atoms with E-state index in [1.165, 1.54) is 25.3 Å². The standard InChI is InChI=1S/C24H34FN3O3/c1-17(2)31-23(30)26-18-9-10-21(20(25)15-18)27-13-6-11-24(16-27)12-14-28(22(24)29)19-7-4-3-5-8-19/h9-10,15,17,19H,3-8,11-14,16H2,1-2H3,(H,26,30). The highest BCUT2D eigenvalue weighted by atomic mass is 19.1. The van der Waals surface area contributed by atoms with Gasteiger partial charge in [0.25, 0.3) is 0 Å². The Hall–Kier alpha value is -2.31. The van der Waals surface area contributed by atoms with Gasteiger partial charge in [0.1, 0.15) is 5.82 Å². The van der Waals surface area contributed by atoms with Gasteiger partial charge >= 0.3 is 6.09 Å². The molecule has 1 N–H and O–H groups in total. The summed E-state index contributed by atoms with van der Waals surface area (Å²) in [5.41, 5.74) is 0.463. The lowest BCUT2D eigenvalue weighted by atomic mass is 9.78. The third kappa shape index (κ3) is 4.65. The van der Waals surface area contributed by atoms with Gasteiger partial charge in [0.2, 0.25) is 5.91 Å². The largest absolute Gasteiger partial charge is 0.447 e. The molecule has 0 bridgehead atoms. The maximum absolute atomic E-state index is 15.0. The van der Waals surface area contributed by atoms with Gasteiger partial charge < -0.3 is 14.5 Å². The number of carbonyl (C=O) groups is 2. The van der Waals surface area contributed by atoms with E-state index in [2.05, 4.69) is 10.2 Å². The lowest BCUT2D eigenvalue weighted by molar-refractivity contribution is -0.138. The monoisotopic (exact) mass is 431 g/mol. The molecular formula is C24H34FN3O3. The van der Waals surface area contributed by atoms with Crippen LogP contribution in [0, 0.1) is 11.2 Å². The van der Waals surface area contributed by atoms with Crippen LogP contribution < -0.4 is 10.2 Å². The number of nitrogens with one attached hydrogen (secondary N) is 1. The molecule has 0 aromatic heterocycles. The molecule has 2 saturated heterocycles. The minimum Gasteiger partial charge on any atom is -0.447 e. The van der Waals surface area contributed by atoms with Crippen molar-refractivity contribution in [2.75, 3.05) is 29.9 Å². The number of nitrogens with zero attached hydrogens (tertiary/aromatic N) is 2. The van der Waals surface area contributed by atoms with Gasteiger partial charge in [-0.25, -0.2) is 9.18 Å². The number of hydrogen-bond donors (Lipinski definition) is 1. The Morgan fingerprint density at radius 3 is 2.65 bits per heavy atom. The van der Waals surface area contributed by atoms with Crippen molar-refractivity contribution < 1.29 is 18.7 Å². The fourth-order valence-electron chi connectivity index (χ4n) is 5.51. The Balaban J connectivity index is 1.45. The van der Waals surface area contributed by atoms with Crippen LogP contribution in [-0.4, -0.2) is 48.7 Å². The number of amides is 2. The molecule has 0 radical (unpaired) electrons. The van der Waals surface area contributed by atoms with Crippen molar-refractivity contribution in [3.63, 3.8) is 0 Å². The predicted molar refractivity (Wildman–Crippen MR) is 119 cm³/mol. The molecule has 31 heavy (non-hydrogen) atoms. The Morgan fingerprint density at radius 1 is 1.16 bits per heavy atom. The first-order valence-corrected chi connectivity index (χ1v) is 11.7. The van der Waals surface area contributed by atoms with Crippen LogP contribution >= 0.6 is 0 Å². The molecule has 2 aliphatic heterocycles. The number of ether oxygens (including phenoxy) is 1. The smallest absolute Gasteiger partial charge is 0.411 e. The van der Waals surface area contributed by atoms with Crippen molar-refractivity contribution in [1.29, 1.82) is 0 Å². The zero-order valence-corrected chi connectivity index (χ0v) is 18.7. The molecule has 4 rings (SSSR count). The van der Waals surface area contributed by atoms with Gasteiger partial charge in [0, 0.05) is 31.4 Å². The zero-order valence-electron chi connectivity index (χ0n) is 18.7. The van der Waals surface area contributed by atoms with Crippen molar-refractivity contribution in [1.82, 2.24) is 4.90 Å². The summed E-state index contributed by atoms with van der Waals surface area (Å²) in [5.74, 6) is -0.117. The van der Waals surface area contributed by atoms with Crippen LogP contribution in [0.2, 0.25) is 0 Å². The van der Waals surface area contributed by atoms with E-state index in [1.807, 2.05) is 4.90 Å². The number of hydrogen-bond acceptors (Lipinski definition) is 4. The Kier molecular flexibility index (Phi) is 6.39. The Morgan fingerprint density at radius 2 is 1.94 bits per heavy atom. The lowest BCUT2D eigenvalue weighted by Gasteiger charge is -2.41. The van der Waals surface area contributed by atoms with Gasteiger partial charge in [-0.2, -0.15) is 0 Å². The molecule has 2 heterocycles. The van der Waals surface area contributed by atoms with Gasteiger partial charge in [-0.1, -0.05) is 19.3 Å². The van der Waals surface area contributed by atoms with Gasteiger partial charge in [-0.15, -0.1) is 0 Å². The molecule has 1 aromatic rings. The molecule has 6 nitrogen and oxygen atoms in total. The minimum absolute atomic E-state index is 0.245. The van der Waals surface area contributed by atoms with Crippen LogP contribution in [0.15, 0.2) is 18.2 Å². The number of carbonyl (C=O) groups excluding carboxylic acids is 2. The number of halogens is 1. The third-order valence-corrected chi connectivity index (χ3v) is 7.02. The van der Waals surface area contributed by atoms with E-state index in [0.29, 0.717) is 24.0 Å². The van der Waals surface area contributed by atoms with E-state index >= 15 is 0 Å². The number of benzene rings is 1. The molecule has 1 atom stereocenters. The van der Waals surface area contributed by atoms with Crippen LogP contribution in [0.1, 0.15) is 65.2 Å². The van der Waals surface area contributed by atoms with E-state index in [4.69, 9.17) is 4.74 Å². The van der Waals surface area contributed by atoms with E-state index in [-0.39, 0.29) is 17.4 Å². The van der Waals surface area contributed by atoms with Crippen molar-refractivity contribution in [2.24, 2.45) is 5.41 Å². The summed E-state index contributed by atoms with van der Waals surface area (Å²) in [4.78, 5) is 29.4. The molecule has 170 valence electrons. The molecule has 1 unspecified atom stereocenters. The molecule has 1 spiro atoms. The highest BCUT2D eigenvalue weighted by Gasteiger charge is 2.50. The molecule has 1 saturated carbocycles. The number of likely N-dealkylation sites (tertiary alicyclic amines) is 1. The fraction of sp³-hybridized carbons (Fsp3) is 0.667. The molecule has 1 aliphatic carbocycles. The summed E-state index contributed by atoms with van der Waals surface area (Å²) in [6.07, 6.45) is 7.72. The number of piperidine rings is 1. The van der Waals surface area contributed by atoms with Gasteiger partial charge in [-0.3, -0.25) is 10.1 Å². The second-order valence-electron chi connectivity index (χ2n) is 9.59. The third-order valence-electron chi connectivity index (χ3n) is 7.02. The topological polar surface area (TPSA) is 61.9 Å².